The first-order valence-electron chi connectivity index (χ1n) is 11.9. The molecule has 2 N–H and O–H groups in total. The van der Waals surface area contributed by atoms with Crippen LogP contribution < -0.4 is 9.64 Å². The first kappa shape index (κ1) is 22.9. The molecule has 5 rings (SSSR count). The second-order valence-electron chi connectivity index (χ2n) is 9.15. The van der Waals surface area contributed by atoms with Crippen LogP contribution in [0.3, 0.4) is 0 Å². The minimum absolute atomic E-state index is 0.0713. The first-order chi connectivity index (χ1) is 16.5. The highest BCUT2D eigenvalue weighted by molar-refractivity contribution is 6.33. The van der Waals surface area contributed by atoms with Crippen molar-refractivity contribution in [2.24, 2.45) is 11.8 Å². The molecule has 34 heavy (non-hydrogen) atoms. The lowest BCUT2D eigenvalue weighted by atomic mass is 9.80. The van der Waals surface area contributed by atoms with Crippen molar-refractivity contribution in [1.82, 2.24) is 15.0 Å². The third kappa shape index (κ3) is 4.83. The molecule has 2 aromatic heterocycles. The van der Waals surface area contributed by atoms with Crippen molar-refractivity contribution in [2.75, 3.05) is 31.2 Å². The van der Waals surface area contributed by atoms with Gasteiger partial charge in [-0.2, -0.15) is 4.98 Å². The van der Waals surface area contributed by atoms with Crippen LogP contribution in [0.25, 0.3) is 22.4 Å². The molecule has 1 saturated heterocycles. The number of carboxylic acid groups (broad SMARTS) is 1. The minimum atomic E-state index is -0.696. The number of hydrogen-bond acceptors (Lipinski definition) is 6. The maximum absolute atomic E-state index is 11.2. The minimum Gasteiger partial charge on any atom is -0.481 e. The summed E-state index contributed by atoms with van der Waals surface area (Å²) in [6.07, 6.45) is 3.00. The average molecular weight is 485 g/mol. The van der Waals surface area contributed by atoms with Crippen molar-refractivity contribution in [3.63, 3.8) is 0 Å². The largest absolute Gasteiger partial charge is 0.481 e. The van der Waals surface area contributed by atoms with E-state index in [1.807, 2.05) is 25.1 Å². The summed E-state index contributed by atoms with van der Waals surface area (Å²) in [7, 11) is 0. The fourth-order valence-electron chi connectivity index (χ4n) is 4.91. The molecule has 1 saturated carbocycles. The number of aromatic nitrogens is 3. The Bertz CT molecular complexity index is 1150. The van der Waals surface area contributed by atoms with Crippen LogP contribution in [-0.2, 0) is 9.53 Å². The number of imidazole rings is 1. The van der Waals surface area contributed by atoms with E-state index in [9.17, 15) is 9.90 Å². The summed E-state index contributed by atoms with van der Waals surface area (Å²) in [6.45, 7) is 5.29. The molecule has 1 aromatic carbocycles. The summed E-state index contributed by atoms with van der Waals surface area (Å²) in [5.74, 6) is -0.623. The van der Waals surface area contributed by atoms with E-state index < -0.39 is 5.97 Å². The number of aliphatic carboxylic acids is 1. The van der Waals surface area contributed by atoms with Crippen molar-refractivity contribution in [3.05, 3.63) is 35.4 Å². The molecule has 8 nitrogen and oxygen atoms in total. The van der Waals surface area contributed by atoms with Crippen LogP contribution in [0.4, 0.5) is 5.69 Å². The number of anilines is 1. The Labute approximate surface area is 203 Å². The normalized spacial score (nSPS) is 22.0. The van der Waals surface area contributed by atoms with E-state index in [0.29, 0.717) is 41.1 Å². The zero-order valence-electron chi connectivity index (χ0n) is 19.2. The van der Waals surface area contributed by atoms with E-state index in [1.165, 1.54) is 0 Å². The highest BCUT2D eigenvalue weighted by Gasteiger charge is 2.30. The number of benzene rings is 1. The topological polar surface area (TPSA) is 101 Å². The highest BCUT2D eigenvalue weighted by Crippen LogP contribution is 2.34. The molecule has 2 fully saturated rings. The third-order valence-corrected chi connectivity index (χ3v) is 7.29. The number of hydrogen-bond donors (Lipinski definition) is 2. The number of H-pyrrole nitrogens is 1. The van der Waals surface area contributed by atoms with Crippen LogP contribution in [0.15, 0.2) is 30.3 Å². The van der Waals surface area contributed by atoms with Gasteiger partial charge in [0.15, 0.2) is 5.65 Å². The van der Waals surface area contributed by atoms with E-state index in [0.717, 1.165) is 55.9 Å². The number of pyridine rings is 1. The predicted molar refractivity (Wildman–Crippen MR) is 131 cm³/mol. The van der Waals surface area contributed by atoms with Gasteiger partial charge in [-0.25, -0.2) is 4.98 Å². The maximum Gasteiger partial charge on any atom is 0.306 e. The third-order valence-electron chi connectivity index (χ3n) is 7.00. The van der Waals surface area contributed by atoms with Crippen LogP contribution in [0, 0.1) is 11.8 Å². The second kappa shape index (κ2) is 9.80. The fourth-order valence-corrected chi connectivity index (χ4v) is 5.17. The Morgan fingerprint density at radius 3 is 2.56 bits per heavy atom. The van der Waals surface area contributed by atoms with E-state index >= 15 is 0 Å². The number of nitrogens with zero attached hydrogens (tertiary/aromatic N) is 3. The Balaban J connectivity index is 1.29. The van der Waals surface area contributed by atoms with Crippen LogP contribution in [0.5, 0.6) is 6.01 Å². The number of fused-ring (bicyclic) bond motifs is 1. The lowest BCUT2D eigenvalue weighted by molar-refractivity contribution is -0.143. The number of ether oxygens (including phenoxy) is 2. The van der Waals surface area contributed by atoms with Gasteiger partial charge in [0.2, 0.25) is 0 Å². The molecule has 9 heteroatoms. The molecule has 180 valence electrons. The number of nitrogens with one attached hydrogen (secondary N) is 1. The summed E-state index contributed by atoms with van der Waals surface area (Å²) in [5, 5.41) is 9.75. The fraction of sp³-hybridized carbons (Fsp3) is 0.480. The molecule has 1 aliphatic heterocycles. The molecule has 0 radical (unpaired) electrons. The van der Waals surface area contributed by atoms with E-state index in [2.05, 4.69) is 27.0 Å². The van der Waals surface area contributed by atoms with E-state index in [1.54, 1.807) is 0 Å². The first-order valence-corrected chi connectivity index (χ1v) is 12.2. The van der Waals surface area contributed by atoms with Crippen LogP contribution in [0.1, 0.15) is 32.6 Å². The quantitative estimate of drug-likeness (QED) is 0.519. The zero-order chi connectivity index (χ0) is 23.7. The zero-order valence-corrected chi connectivity index (χ0v) is 19.9. The van der Waals surface area contributed by atoms with Gasteiger partial charge in [0.1, 0.15) is 6.10 Å². The number of aromatic amines is 1. The molecule has 0 amide bonds. The van der Waals surface area contributed by atoms with Gasteiger partial charge in [0.25, 0.3) is 6.01 Å². The van der Waals surface area contributed by atoms with Gasteiger partial charge in [0.05, 0.1) is 35.4 Å². The molecular formula is C25H29ClN4O4. The number of carboxylic acids is 1. The number of halogens is 1. The van der Waals surface area contributed by atoms with Crippen molar-refractivity contribution in [1.29, 1.82) is 0 Å². The van der Waals surface area contributed by atoms with E-state index in [4.69, 9.17) is 26.1 Å². The molecular weight excluding hydrogens is 456 g/mol. The van der Waals surface area contributed by atoms with Crippen LogP contribution in [-0.4, -0.2) is 58.4 Å². The molecule has 1 unspecified atom stereocenters. The Hall–Kier alpha value is -2.84. The lowest BCUT2D eigenvalue weighted by Gasteiger charge is -2.30. The molecule has 1 atom stereocenters. The molecule has 2 aliphatic rings. The number of carbonyl (C=O) groups is 1. The lowest BCUT2D eigenvalue weighted by Crippen LogP contribution is -2.36. The predicted octanol–water partition coefficient (Wildman–Crippen LogP) is 4.77. The number of morpholine rings is 1. The molecule has 1 aliphatic carbocycles. The molecule has 3 aromatic rings. The van der Waals surface area contributed by atoms with Gasteiger partial charge in [-0.3, -0.25) is 4.79 Å². The van der Waals surface area contributed by atoms with Gasteiger partial charge < -0.3 is 24.5 Å². The smallest absolute Gasteiger partial charge is 0.306 e. The van der Waals surface area contributed by atoms with Gasteiger partial charge in [0, 0.05) is 24.3 Å². The standard InChI is InChI=1S/C25H29ClN4O4/c1-15(16-2-4-18(5-3-16)24(31)32)34-25-27-21-14-20(26)22(28-23(21)29-25)17-6-8-19(9-7-17)30-10-12-33-13-11-30/h6-9,14-16,18H,2-5,10-13H2,1H3,(H,31,32)(H,27,28,29)/t15?,16-,18-. The maximum atomic E-state index is 11.2. The summed E-state index contributed by atoms with van der Waals surface area (Å²) in [4.78, 5) is 25.9. The van der Waals surface area contributed by atoms with Crippen molar-refractivity contribution in [2.45, 2.75) is 38.7 Å². The van der Waals surface area contributed by atoms with Crippen LogP contribution >= 0.6 is 11.6 Å². The average Bonchev–Trinajstić information content (AvgIpc) is 3.25. The van der Waals surface area contributed by atoms with Crippen molar-refractivity contribution < 1.29 is 19.4 Å². The molecule has 3 heterocycles. The van der Waals surface area contributed by atoms with Crippen molar-refractivity contribution in [3.8, 4) is 17.3 Å². The van der Waals surface area contributed by atoms with E-state index in [-0.39, 0.29) is 12.0 Å². The van der Waals surface area contributed by atoms with Gasteiger partial charge in [-0.15, -0.1) is 0 Å². The van der Waals surface area contributed by atoms with Crippen LogP contribution in [0.2, 0.25) is 5.02 Å². The Kier molecular flexibility index (Phi) is 6.61. The summed E-state index contributed by atoms with van der Waals surface area (Å²) < 4.78 is 11.5. The summed E-state index contributed by atoms with van der Waals surface area (Å²) in [5.41, 5.74) is 4.04. The SMILES string of the molecule is CC(Oc1nc2nc(-c3ccc(N4CCOCC4)cc3)c(Cl)cc2[nH]1)[C@H]1CC[C@H](C(=O)O)CC1. The summed E-state index contributed by atoms with van der Waals surface area (Å²) >= 11 is 6.58. The van der Waals surface area contributed by atoms with Gasteiger partial charge in [-0.1, -0.05) is 23.7 Å². The monoisotopic (exact) mass is 484 g/mol. The summed E-state index contributed by atoms with van der Waals surface area (Å²) in [6, 6.07) is 10.5. The van der Waals surface area contributed by atoms with Gasteiger partial charge >= 0.3 is 5.97 Å². The van der Waals surface area contributed by atoms with Crippen molar-refractivity contribution >= 4 is 34.4 Å². The Morgan fingerprint density at radius 2 is 1.88 bits per heavy atom. The highest BCUT2D eigenvalue weighted by atomic mass is 35.5. The number of rotatable bonds is 6. The Morgan fingerprint density at radius 1 is 1.18 bits per heavy atom. The van der Waals surface area contributed by atoms with Gasteiger partial charge in [-0.05, 0) is 56.7 Å². The second-order valence-corrected chi connectivity index (χ2v) is 9.56. The molecule has 0 bridgehead atoms. The molecule has 0 spiro atoms.